The second-order valence-corrected chi connectivity index (χ2v) is 7.59. The van der Waals surface area contributed by atoms with Gasteiger partial charge in [0.25, 0.3) is 0 Å². The number of carbonyl (C=O) groups is 1. The van der Waals surface area contributed by atoms with Crippen LogP contribution in [0.5, 0.6) is 0 Å². The van der Waals surface area contributed by atoms with E-state index < -0.39 is 0 Å². The second kappa shape index (κ2) is 9.30. The molecule has 138 valence electrons. The van der Waals surface area contributed by atoms with E-state index in [2.05, 4.69) is 15.2 Å². The molecular weight excluding hydrogens is 314 g/mol. The molecule has 5 nitrogen and oxygen atoms in total. The number of amides is 1. The molecule has 1 amide bonds. The summed E-state index contributed by atoms with van der Waals surface area (Å²) in [6.07, 6.45) is 11.3. The molecular formula is C20H31N3O2. The molecule has 0 atom stereocenters. The van der Waals surface area contributed by atoms with Crippen molar-refractivity contribution in [3.8, 4) is 0 Å². The minimum atomic E-state index is 0.163. The maximum absolute atomic E-state index is 12.3. The van der Waals surface area contributed by atoms with Gasteiger partial charge in [-0.2, -0.15) is 0 Å². The maximum atomic E-state index is 12.3. The molecule has 1 N–H and O–H groups in total. The average molecular weight is 345 g/mol. The number of aromatic nitrogens is 1. The van der Waals surface area contributed by atoms with Gasteiger partial charge in [0.05, 0.1) is 13.2 Å². The lowest BCUT2D eigenvalue weighted by Gasteiger charge is -2.42. The molecule has 2 aliphatic rings. The molecule has 1 aliphatic heterocycles. The lowest BCUT2D eigenvalue weighted by molar-refractivity contribution is -0.121. The number of nitrogens with zero attached hydrogens (tertiary/aromatic N) is 2. The fourth-order valence-electron chi connectivity index (χ4n) is 4.10. The van der Waals surface area contributed by atoms with Gasteiger partial charge in [-0.3, -0.25) is 14.7 Å². The minimum absolute atomic E-state index is 0.163. The smallest absolute Gasteiger partial charge is 0.220 e. The van der Waals surface area contributed by atoms with E-state index in [1.54, 1.807) is 6.20 Å². The number of ether oxygens (including phenoxy) is 1. The van der Waals surface area contributed by atoms with Crippen LogP contribution >= 0.6 is 0 Å². The van der Waals surface area contributed by atoms with Gasteiger partial charge in [0, 0.05) is 50.4 Å². The minimum Gasteiger partial charge on any atom is -0.379 e. The van der Waals surface area contributed by atoms with Crippen LogP contribution in [-0.2, 0) is 16.0 Å². The first-order valence-electron chi connectivity index (χ1n) is 9.72. The third kappa shape index (κ3) is 5.79. The van der Waals surface area contributed by atoms with Crippen molar-refractivity contribution in [2.45, 2.75) is 44.9 Å². The zero-order chi connectivity index (χ0) is 17.4. The molecule has 0 bridgehead atoms. The van der Waals surface area contributed by atoms with E-state index in [-0.39, 0.29) is 11.3 Å². The molecule has 2 fully saturated rings. The zero-order valence-electron chi connectivity index (χ0n) is 15.2. The van der Waals surface area contributed by atoms with Crippen LogP contribution in [-0.4, -0.2) is 55.2 Å². The van der Waals surface area contributed by atoms with E-state index in [4.69, 9.17) is 4.74 Å². The van der Waals surface area contributed by atoms with Crippen LogP contribution in [0.4, 0.5) is 0 Å². The Hall–Kier alpha value is -1.46. The first-order chi connectivity index (χ1) is 12.3. The number of hydrogen-bond donors (Lipinski definition) is 1. The molecule has 1 aromatic heterocycles. The number of pyridine rings is 1. The maximum Gasteiger partial charge on any atom is 0.220 e. The Kier molecular flexibility index (Phi) is 6.82. The molecule has 2 heterocycles. The van der Waals surface area contributed by atoms with E-state index in [9.17, 15) is 4.79 Å². The van der Waals surface area contributed by atoms with Crippen molar-refractivity contribution in [3.63, 3.8) is 0 Å². The molecule has 25 heavy (non-hydrogen) atoms. The van der Waals surface area contributed by atoms with E-state index in [0.717, 1.165) is 51.4 Å². The van der Waals surface area contributed by atoms with Gasteiger partial charge in [-0.25, -0.2) is 0 Å². The number of carbonyl (C=O) groups excluding carboxylic acids is 1. The summed E-state index contributed by atoms with van der Waals surface area (Å²) in [6.45, 7) is 5.64. The van der Waals surface area contributed by atoms with Crippen molar-refractivity contribution in [3.05, 3.63) is 30.1 Å². The predicted molar refractivity (Wildman–Crippen MR) is 98.3 cm³/mol. The lowest BCUT2D eigenvalue weighted by Crippen LogP contribution is -2.49. The molecule has 0 aromatic carbocycles. The van der Waals surface area contributed by atoms with Gasteiger partial charge in [0.2, 0.25) is 5.91 Å². The van der Waals surface area contributed by atoms with Gasteiger partial charge in [0.15, 0.2) is 0 Å². The molecule has 1 saturated carbocycles. The quantitative estimate of drug-likeness (QED) is 0.824. The highest BCUT2D eigenvalue weighted by Crippen LogP contribution is 2.36. The van der Waals surface area contributed by atoms with Gasteiger partial charge in [-0.1, -0.05) is 25.3 Å². The summed E-state index contributed by atoms with van der Waals surface area (Å²) in [6, 6.07) is 3.95. The Morgan fingerprint density at radius 2 is 2.04 bits per heavy atom. The standard InChI is InChI=1S/C20H31N3O2/c24-19(7-6-18-5-4-10-21-15-18)22-16-20(8-2-1-3-9-20)17-23-11-13-25-14-12-23/h4-5,10,15H,1-3,6-9,11-14,16-17H2,(H,22,24). The van der Waals surface area contributed by atoms with Crippen molar-refractivity contribution in [2.24, 2.45) is 5.41 Å². The fraction of sp³-hybridized carbons (Fsp3) is 0.700. The Balaban J connectivity index is 1.48. The number of rotatable bonds is 7. The third-order valence-electron chi connectivity index (χ3n) is 5.60. The Labute approximate surface area is 151 Å². The summed E-state index contributed by atoms with van der Waals surface area (Å²) >= 11 is 0. The van der Waals surface area contributed by atoms with Gasteiger partial charge in [-0.05, 0) is 30.9 Å². The van der Waals surface area contributed by atoms with Crippen LogP contribution in [0.25, 0.3) is 0 Å². The Bertz CT molecular complexity index is 523. The summed E-state index contributed by atoms with van der Waals surface area (Å²) < 4.78 is 5.48. The van der Waals surface area contributed by atoms with E-state index >= 15 is 0 Å². The zero-order valence-corrected chi connectivity index (χ0v) is 15.2. The summed E-state index contributed by atoms with van der Waals surface area (Å²) in [5.74, 6) is 0.163. The van der Waals surface area contributed by atoms with Crippen molar-refractivity contribution in [2.75, 3.05) is 39.4 Å². The Morgan fingerprint density at radius 3 is 2.76 bits per heavy atom. The van der Waals surface area contributed by atoms with Crippen LogP contribution in [0, 0.1) is 5.41 Å². The van der Waals surface area contributed by atoms with Crippen LogP contribution < -0.4 is 5.32 Å². The summed E-state index contributed by atoms with van der Waals surface area (Å²) in [4.78, 5) is 19.0. The van der Waals surface area contributed by atoms with Gasteiger partial charge >= 0.3 is 0 Å². The molecule has 1 aliphatic carbocycles. The monoisotopic (exact) mass is 345 g/mol. The summed E-state index contributed by atoms with van der Waals surface area (Å²) in [5, 5.41) is 3.24. The number of aryl methyl sites for hydroxylation is 1. The lowest BCUT2D eigenvalue weighted by atomic mass is 9.73. The van der Waals surface area contributed by atoms with Crippen molar-refractivity contribution in [1.29, 1.82) is 0 Å². The Morgan fingerprint density at radius 1 is 1.24 bits per heavy atom. The van der Waals surface area contributed by atoms with Crippen LogP contribution in [0.15, 0.2) is 24.5 Å². The van der Waals surface area contributed by atoms with Crippen LogP contribution in [0.3, 0.4) is 0 Å². The normalized spacial score (nSPS) is 21.0. The van der Waals surface area contributed by atoms with E-state index in [1.807, 2.05) is 18.3 Å². The third-order valence-corrected chi connectivity index (χ3v) is 5.60. The topological polar surface area (TPSA) is 54.5 Å². The SMILES string of the molecule is O=C(CCc1cccnc1)NCC1(CN2CCOCC2)CCCCC1. The van der Waals surface area contributed by atoms with E-state index in [1.165, 1.54) is 32.1 Å². The van der Waals surface area contributed by atoms with Crippen molar-refractivity contribution < 1.29 is 9.53 Å². The second-order valence-electron chi connectivity index (χ2n) is 7.59. The van der Waals surface area contributed by atoms with Crippen LogP contribution in [0.1, 0.15) is 44.1 Å². The molecule has 1 saturated heterocycles. The largest absolute Gasteiger partial charge is 0.379 e. The average Bonchev–Trinajstić information content (AvgIpc) is 2.67. The highest BCUT2D eigenvalue weighted by atomic mass is 16.5. The molecule has 3 rings (SSSR count). The summed E-state index contributed by atoms with van der Waals surface area (Å²) in [5.41, 5.74) is 1.37. The molecule has 0 spiro atoms. The van der Waals surface area contributed by atoms with E-state index in [0.29, 0.717) is 6.42 Å². The molecule has 0 radical (unpaired) electrons. The van der Waals surface area contributed by atoms with Gasteiger partial charge in [-0.15, -0.1) is 0 Å². The van der Waals surface area contributed by atoms with Crippen molar-refractivity contribution in [1.82, 2.24) is 15.2 Å². The highest BCUT2D eigenvalue weighted by molar-refractivity contribution is 5.76. The van der Waals surface area contributed by atoms with Gasteiger partial charge in [0.1, 0.15) is 0 Å². The van der Waals surface area contributed by atoms with Gasteiger partial charge < -0.3 is 10.1 Å². The van der Waals surface area contributed by atoms with Crippen LogP contribution in [0.2, 0.25) is 0 Å². The number of nitrogens with one attached hydrogen (secondary N) is 1. The highest BCUT2D eigenvalue weighted by Gasteiger charge is 2.34. The first kappa shape index (κ1) is 18.3. The molecule has 0 unspecified atom stereocenters. The number of morpholine rings is 1. The fourth-order valence-corrected chi connectivity index (χ4v) is 4.10. The number of hydrogen-bond acceptors (Lipinski definition) is 4. The van der Waals surface area contributed by atoms with Crippen molar-refractivity contribution >= 4 is 5.91 Å². The molecule has 1 aromatic rings. The predicted octanol–water partition coefficient (Wildman–Crippen LogP) is 2.41. The molecule has 5 heteroatoms. The summed E-state index contributed by atoms with van der Waals surface area (Å²) in [7, 11) is 0. The first-order valence-corrected chi connectivity index (χ1v) is 9.72.